The zero-order valence-corrected chi connectivity index (χ0v) is 11.7. The van der Waals surface area contributed by atoms with Crippen molar-refractivity contribution in [1.82, 2.24) is 0 Å². The highest BCUT2D eigenvalue weighted by molar-refractivity contribution is 5.69. The molecule has 0 spiro atoms. The Kier molecular flexibility index (Phi) is 8.62. The number of rotatable bonds is 9. The van der Waals surface area contributed by atoms with Gasteiger partial charge in [-0.15, -0.1) is 0 Å². The average molecular weight is 252 g/mol. The van der Waals surface area contributed by atoms with Crippen molar-refractivity contribution in [3.05, 3.63) is 12.8 Å². The Labute approximate surface area is 112 Å². The maximum Gasteiger partial charge on any atom is 0.310 e. The summed E-state index contributed by atoms with van der Waals surface area (Å²) in [6, 6.07) is 0. The molecule has 2 heteroatoms. The molecule has 0 aromatic heterocycles. The van der Waals surface area contributed by atoms with E-state index in [0.29, 0.717) is 6.42 Å². The Morgan fingerprint density at radius 2 is 1.72 bits per heavy atom. The highest BCUT2D eigenvalue weighted by Crippen LogP contribution is 2.28. The van der Waals surface area contributed by atoms with Crippen molar-refractivity contribution in [2.24, 2.45) is 5.92 Å². The quantitative estimate of drug-likeness (QED) is 0.328. The van der Waals surface area contributed by atoms with Gasteiger partial charge in [0.05, 0.1) is 6.26 Å². The van der Waals surface area contributed by atoms with Crippen LogP contribution in [0.4, 0.5) is 0 Å². The lowest BCUT2D eigenvalue weighted by atomic mass is 9.85. The number of hydrogen-bond donors (Lipinski definition) is 0. The first-order valence-electron chi connectivity index (χ1n) is 7.63. The lowest BCUT2D eigenvalue weighted by Crippen LogP contribution is -2.05. The van der Waals surface area contributed by atoms with Gasteiger partial charge in [0.15, 0.2) is 0 Å². The summed E-state index contributed by atoms with van der Waals surface area (Å²) in [7, 11) is 0. The molecule has 0 aromatic carbocycles. The predicted molar refractivity (Wildman–Crippen MR) is 75.2 cm³/mol. The molecule has 0 amide bonds. The lowest BCUT2D eigenvalue weighted by molar-refractivity contribution is -0.138. The molecule has 0 N–H and O–H groups in total. The van der Waals surface area contributed by atoms with Crippen LogP contribution in [-0.2, 0) is 9.53 Å². The fourth-order valence-electron chi connectivity index (χ4n) is 2.86. The topological polar surface area (TPSA) is 26.3 Å². The molecule has 18 heavy (non-hydrogen) atoms. The van der Waals surface area contributed by atoms with Crippen molar-refractivity contribution in [3.8, 4) is 0 Å². The molecular weight excluding hydrogens is 224 g/mol. The van der Waals surface area contributed by atoms with Crippen molar-refractivity contribution >= 4 is 5.97 Å². The maximum atomic E-state index is 11.0. The highest BCUT2D eigenvalue weighted by Gasteiger charge is 2.12. The van der Waals surface area contributed by atoms with Crippen LogP contribution in [0.15, 0.2) is 12.8 Å². The van der Waals surface area contributed by atoms with Crippen LogP contribution in [0, 0.1) is 5.92 Å². The summed E-state index contributed by atoms with van der Waals surface area (Å²) in [4.78, 5) is 11.0. The summed E-state index contributed by atoms with van der Waals surface area (Å²) < 4.78 is 4.67. The Morgan fingerprint density at radius 3 is 2.44 bits per heavy atom. The molecule has 0 saturated heterocycles. The molecule has 1 fully saturated rings. The Hall–Kier alpha value is -0.790. The third-order valence-electron chi connectivity index (χ3n) is 3.93. The van der Waals surface area contributed by atoms with Crippen LogP contribution in [-0.4, -0.2) is 5.97 Å². The van der Waals surface area contributed by atoms with Crippen LogP contribution in [0.5, 0.6) is 0 Å². The summed E-state index contributed by atoms with van der Waals surface area (Å²) in [6.07, 6.45) is 16.5. The van der Waals surface area contributed by atoms with Crippen LogP contribution in [0.1, 0.15) is 77.0 Å². The van der Waals surface area contributed by atoms with Gasteiger partial charge in [0.25, 0.3) is 0 Å². The number of esters is 1. The molecule has 2 nitrogen and oxygen atoms in total. The molecule has 0 aliphatic heterocycles. The maximum absolute atomic E-state index is 11.0. The number of hydrogen-bond acceptors (Lipinski definition) is 2. The van der Waals surface area contributed by atoms with Gasteiger partial charge in [0, 0.05) is 6.42 Å². The molecule has 0 heterocycles. The largest absolute Gasteiger partial charge is 0.435 e. The second kappa shape index (κ2) is 10.2. The first-order chi connectivity index (χ1) is 8.83. The minimum absolute atomic E-state index is 0.146. The minimum atomic E-state index is -0.146. The second-order valence-corrected chi connectivity index (χ2v) is 5.47. The van der Waals surface area contributed by atoms with Gasteiger partial charge in [-0.2, -0.15) is 0 Å². The Morgan fingerprint density at radius 1 is 1.06 bits per heavy atom. The monoisotopic (exact) mass is 252 g/mol. The van der Waals surface area contributed by atoms with Crippen LogP contribution in [0.2, 0.25) is 0 Å². The second-order valence-electron chi connectivity index (χ2n) is 5.47. The van der Waals surface area contributed by atoms with Gasteiger partial charge in [-0.1, -0.05) is 70.8 Å². The predicted octanol–water partition coefficient (Wildman–Crippen LogP) is 4.98. The molecule has 104 valence electrons. The molecule has 0 radical (unpaired) electrons. The number of ether oxygens (including phenoxy) is 1. The van der Waals surface area contributed by atoms with E-state index in [1.54, 1.807) is 0 Å². The van der Waals surface area contributed by atoms with Crippen LogP contribution in [0.3, 0.4) is 0 Å². The minimum Gasteiger partial charge on any atom is -0.435 e. The van der Waals surface area contributed by atoms with Crippen molar-refractivity contribution in [2.75, 3.05) is 0 Å². The normalized spacial score (nSPS) is 16.4. The highest BCUT2D eigenvalue weighted by atomic mass is 16.5. The zero-order chi connectivity index (χ0) is 13.1. The molecule has 1 aliphatic carbocycles. The average Bonchev–Trinajstić information content (AvgIpc) is 2.39. The summed E-state index contributed by atoms with van der Waals surface area (Å²) in [6.45, 7) is 3.37. The van der Waals surface area contributed by atoms with E-state index in [2.05, 4.69) is 11.3 Å². The van der Waals surface area contributed by atoms with E-state index in [4.69, 9.17) is 0 Å². The fourth-order valence-corrected chi connectivity index (χ4v) is 2.86. The van der Waals surface area contributed by atoms with E-state index in [-0.39, 0.29) is 5.97 Å². The SMILES string of the molecule is C=COC(=O)CCCCCCCC1CCCCC1. The van der Waals surface area contributed by atoms with Gasteiger partial charge in [-0.3, -0.25) is 4.79 Å². The number of carbonyl (C=O) groups is 1. The third-order valence-corrected chi connectivity index (χ3v) is 3.93. The van der Waals surface area contributed by atoms with Gasteiger partial charge in [0.1, 0.15) is 0 Å². The Balaban J connectivity index is 1.83. The van der Waals surface area contributed by atoms with E-state index >= 15 is 0 Å². The molecule has 1 saturated carbocycles. The lowest BCUT2D eigenvalue weighted by Gasteiger charge is -2.21. The first kappa shape index (κ1) is 15.3. The van der Waals surface area contributed by atoms with Crippen molar-refractivity contribution < 1.29 is 9.53 Å². The van der Waals surface area contributed by atoms with Crippen LogP contribution in [0.25, 0.3) is 0 Å². The van der Waals surface area contributed by atoms with Crippen molar-refractivity contribution in [1.29, 1.82) is 0 Å². The number of carbonyl (C=O) groups excluding carboxylic acids is 1. The van der Waals surface area contributed by atoms with Gasteiger partial charge < -0.3 is 4.74 Å². The van der Waals surface area contributed by atoms with Crippen molar-refractivity contribution in [2.45, 2.75) is 77.0 Å². The molecule has 0 unspecified atom stereocenters. The van der Waals surface area contributed by atoms with Crippen LogP contribution < -0.4 is 0 Å². The van der Waals surface area contributed by atoms with Gasteiger partial charge in [-0.25, -0.2) is 0 Å². The molecule has 0 aromatic rings. The molecular formula is C16H28O2. The summed E-state index contributed by atoms with van der Waals surface area (Å²) >= 11 is 0. The van der Waals surface area contributed by atoms with Gasteiger partial charge >= 0.3 is 5.97 Å². The smallest absolute Gasteiger partial charge is 0.310 e. The standard InChI is InChI=1S/C16H28O2/c1-2-18-16(17)14-10-5-3-4-7-11-15-12-8-6-9-13-15/h2,15H,1,3-14H2. The zero-order valence-electron chi connectivity index (χ0n) is 11.7. The molecule has 1 aliphatic rings. The van der Waals surface area contributed by atoms with E-state index in [1.807, 2.05) is 0 Å². The van der Waals surface area contributed by atoms with Gasteiger partial charge in [-0.05, 0) is 12.3 Å². The summed E-state index contributed by atoms with van der Waals surface area (Å²) in [5, 5.41) is 0. The summed E-state index contributed by atoms with van der Waals surface area (Å²) in [5.41, 5.74) is 0. The van der Waals surface area contributed by atoms with Crippen molar-refractivity contribution in [3.63, 3.8) is 0 Å². The van der Waals surface area contributed by atoms with E-state index in [1.165, 1.54) is 64.0 Å². The van der Waals surface area contributed by atoms with E-state index in [9.17, 15) is 4.79 Å². The third kappa shape index (κ3) is 7.52. The van der Waals surface area contributed by atoms with Crippen LogP contribution >= 0.6 is 0 Å². The molecule has 1 rings (SSSR count). The Bertz CT molecular complexity index is 229. The molecule has 0 atom stereocenters. The number of unbranched alkanes of at least 4 members (excludes halogenated alkanes) is 4. The van der Waals surface area contributed by atoms with Gasteiger partial charge in [0.2, 0.25) is 0 Å². The van der Waals surface area contributed by atoms with E-state index in [0.717, 1.165) is 18.8 Å². The summed E-state index contributed by atoms with van der Waals surface area (Å²) in [5.74, 6) is 0.869. The molecule has 0 bridgehead atoms. The van der Waals surface area contributed by atoms with E-state index < -0.39 is 0 Å². The first-order valence-corrected chi connectivity index (χ1v) is 7.63. The fraction of sp³-hybridized carbons (Fsp3) is 0.812.